The second kappa shape index (κ2) is 8.51. The van der Waals surface area contributed by atoms with Crippen LogP contribution in [-0.2, 0) is 6.54 Å². The van der Waals surface area contributed by atoms with Gasteiger partial charge in [-0.25, -0.2) is 18.3 Å². The van der Waals surface area contributed by atoms with E-state index in [9.17, 15) is 13.6 Å². The molecule has 0 aliphatic heterocycles. The number of hydrogen-bond donors (Lipinski definition) is 1. The Labute approximate surface area is 177 Å². The standard InChI is InChI=1S/C23H20F2N4O2/c1-14-3-7-16(8-4-14)19-11-20(21(24)25)29-22(28-19)18(13-27-29)23(30)26-12-15-5-9-17(31-2)10-6-15/h3-11,13,21H,12H2,1-2H3,(H,26,30). The Hall–Kier alpha value is -3.81. The first-order chi connectivity index (χ1) is 15.0. The van der Waals surface area contributed by atoms with Crippen LogP contribution in [0.4, 0.5) is 8.78 Å². The molecule has 158 valence electrons. The van der Waals surface area contributed by atoms with Crippen LogP contribution in [0.25, 0.3) is 16.9 Å². The minimum Gasteiger partial charge on any atom is -0.497 e. The first-order valence-corrected chi connectivity index (χ1v) is 9.61. The Balaban J connectivity index is 1.67. The minimum absolute atomic E-state index is 0.0839. The monoisotopic (exact) mass is 422 g/mol. The van der Waals surface area contributed by atoms with E-state index in [1.807, 2.05) is 43.3 Å². The van der Waals surface area contributed by atoms with Crippen LogP contribution in [0.3, 0.4) is 0 Å². The van der Waals surface area contributed by atoms with Crippen molar-refractivity contribution in [2.24, 2.45) is 0 Å². The molecule has 0 spiro atoms. The van der Waals surface area contributed by atoms with Crippen molar-refractivity contribution in [2.75, 3.05) is 7.11 Å². The van der Waals surface area contributed by atoms with Crippen LogP contribution >= 0.6 is 0 Å². The van der Waals surface area contributed by atoms with Crippen LogP contribution in [0.5, 0.6) is 5.75 Å². The molecule has 0 atom stereocenters. The maximum Gasteiger partial charge on any atom is 0.280 e. The molecular weight excluding hydrogens is 402 g/mol. The van der Waals surface area contributed by atoms with E-state index in [0.717, 1.165) is 15.6 Å². The molecule has 2 aromatic carbocycles. The van der Waals surface area contributed by atoms with Gasteiger partial charge in [0, 0.05) is 12.1 Å². The highest BCUT2D eigenvalue weighted by Crippen LogP contribution is 2.27. The normalized spacial score (nSPS) is 11.1. The molecular formula is C23H20F2N4O2. The molecule has 6 nitrogen and oxygen atoms in total. The number of amides is 1. The largest absolute Gasteiger partial charge is 0.497 e. The summed E-state index contributed by atoms with van der Waals surface area (Å²) in [5.41, 5.74) is 2.84. The maximum atomic E-state index is 13.7. The Morgan fingerprint density at radius 3 is 2.48 bits per heavy atom. The molecule has 0 bridgehead atoms. The van der Waals surface area contributed by atoms with E-state index in [4.69, 9.17) is 4.74 Å². The SMILES string of the molecule is COc1ccc(CNC(=O)c2cnn3c(C(F)F)cc(-c4ccc(C)cc4)nc23)cc1. The lowest BCUT2D eigenvalue weighted by molar-refractivity contribution is 0.0952. The molecule has 1 amide bonds. The Morgan fingerprint density at radius 1 is 1.13 bits per heavy atom. The number of nitrogens with zero attached hydrogens (tertiary/aromatic N) is 3. The van der Waals surface area contributed by atoms with Crippen molar-refractivity contribution in [3.8, 4) is 17.0 Å². The number of halogens is 2. The Morgan fingerprint density at radius 2 is 1.84 bits per heavy atom. The van der Waals surface area contributed by atoms with Crippen LogP contribution in [-0.4, -0.2) is 27.6 Å². The second-order valence-electron chi connectivity index (χ2n) is 7.06. The van der Waals surface area contributed by atoms with Crippen molar-refractivity contribution < 1.29 is 18.3 Å². The quantitative estimate of drug-likeness (QED) is 0.494. The molecule has 0 radical (unpaired) electrons. The molecule has 4 rings (SSSR count). The van der Waals surface area contributed by atoms with Gasteiger partial charge in [-0.1, -0.05) is 42.0 Å². The van der Waals surface area contributed by atoms with Crippen molar-refractivity contribution in [3.63, 3.8) is 0 Å². The van der Waals surface area contributed by atoms with Gasteiger partial charge in [0.25, 0.3) is 12.3 Å². The molecule has 0 saturated heterocycles. The van der Waals surface area contributed by atoms with E-state index in [0.29, 0.717) is 17.0 Å². The van der Waals surface area contributed by atoms with Crippen molar-refractivity contribution >= 4 is 11.6 Å². The topological polar surface area (TPSA) is 68.5 Å². The number of carbonyl (C=O) groups is 1. The molecule has 0 aliphatic carbocycles. The van der Waals surface area contributed by atoms with Crippen molar-refractivity contribution in [3.05, 3.63) is 83.2 Å². The van der Waals surface area contributed by atoms with Crippen LogP contribution < -0.4 is 10.1 Å². The Kier molecular flexibility index (Phi) is 5.62. The van der Waals surface area contributed by atoms with Gasteiger partial charge in [0.1, 0.15) is 17.0 Å². The van der Waals surface area contributed by atoms with E-state index in [1.165, 1.54) is 12.3 Å². The summed E-state index contributed by atoms with van der Waals surface area (Å²) in [6.07, 6.45) is -1.51. The first kappa shape index (κ1) is 20.5. The van der Waals surface area contributed by atoms with Gasteiger partial charge in [0.15, 0.2) is 5.65 Å². The number of alkyl halides is 2. The fraction of sp³-hybridized carbons (Fsp3) is 0.174. The van der Waals surface area contributed by atoms with E-state index >= 15 is 0 Å². The number of methoxy groups -OCH3 is 1. The van der Waals surface area contributed by atoms with E-state index in [1.54, 1.807) is 19.2 Å². The molecule has 0 unspecified atom stereocenters. The highest BCUT2D eigenvalue weighted by molar-refractivity contribution is 5.99. The second-order valence-corrected chi connectivity index (χ2v) is 7.06. The number of rotatable bonds is 6. The van der Waals surface area contributed by atoms with E-state index in [2.05, 4.69) is 15.4 Å². The number of carbonyl (C=O) groups excluding carboxylic acids is 1. The van der Waals surface area contributed by atoms with Crippen LogP contribution in [0.1, 0.15) is 33.6 Å². The number of hydrogen-bond acceptors (Lipinski definition) is 4. The van der Waals surface area contributed by atoms with Gasteiger partial charge < -0.3 is 10.1 Å². The summed E-state index contributed by atoms with van der Waals surface area (Å²) in [5, 5.41) is 6.77. The molecule has 8 heteroatoms. The molecule has 0 saturated carbocycles. The van der Waals surface area contributed by atoms with E-state index < -0.39 is 12.3 Å². The predicted octanol–water partition coefficient (Wildman–Crippen LogP) is 4.58. The smallest absolute Gasteiger partial charge is 0.280 e. The van der Waals surface area contributed by atoms with Gasteiger partial charge in [-0.2, -0.15) is 5.10 Å². The third kappa shape index (κ3) is 4.23. The zero-order valence-corrected chi connectivity index (χ0v) is 17.0. The fourth-order valence-electron chi connectivity index (χ4n) is 3.19. The number of aryl methyl sites for hydroxylation is 1. The summed E-state index contributed by atoms with van der Waals surface area (Å²) in [7, 11) is 1.58. The van der Waals surface area contributed by atoms with Crippen LogP contribution in [0.2, 0.25) is 0 Å². The molecule has 2 heterocycles. The number of fused-ring (bicyclic) bond motifs is 1. The average Bonchev–Trinajstić information content (AvgIpc) is 3.21. The van der Waals surface area contributed by atoms with Crippen LogP contribution in [0.15, 0.2) is 60.8 Å². The summed E-state index contributed by atoms with van der Waals surface area (Å²) < 4.78 is 33.5. The molecule has 1 N–H and O–H groups in total. The number of ether oxygens (including phenoxy) is 1. The number of nitrogens with one attached hydrogen (secondary N) is 1. The number of aromatic nitrogens is 3. The molecule has 0 aliphatic rings. The summed E-state index contributed by atoms with van der Waals surface area (Å²) in [4.78, 5) is 17.2. The summed E-state index contributed by atoms with van der Waals surface area (Å²) in [6, 6.07) is 15.9. The predicted molar refractivity (Wildman–Crippen MR) is 112 cm³/mol. The van der Waals surface area contributed by atoms with Gasteiger partial charge in [0.2, 0.25) is 0 Å². The van der Waals surface area contributed by atoms with E-state index in [-0.39, 0.29) is 23.4 Å². The van der Waals surface area contributed by atoms with Crippen molar-refractivity contribution in [1.82, 2.24) is 19.9 Å². The molecule has 31 heavy (non-hydrogen) atoms. The highest BCUT2D eigenvalue weighted by Gasteiger charge is 2.21. The maximum absolute atomic E-state index is 13.7. The van der Waals surface area contributed by atoms with Crippen LogP contribution in [0, 0.1) is 6.92 Å². The van der Waals surface area contributed by atoms with Gasteiger partial charge in [-0.05, 0) is 30.7 Å². The van der Waals surface area contributed by atoms with Crippen molar-refractivity contribution in [2.45, 2.75) is 19.9 Å². The Bertz CT molecular complexity index is 1220. The molecule has 0 fully saturated rings. The van der Waals surface area contributed by atoms with Gasteiger partial charge in [0.05, 0.1) is 19.0 Å². The van der Waals surface area contributed by atoms with Crippen molar-refractivity contribution in [1.29, 1.82) is 0 Å². The molecule has 4 aromatic rings. The summed E-state index contributed by atoms with van der Waals surface area (Å²) in [6.45, 7) is 2.20. The van der Waals surface area contributed by atoms with Gasteiger partial charge in [-0.15, -0.1) is 0 Å². The lowest BCUT2D eigenvalue weighted by Gasteiger charge is -2.09. The summed E-state index contributed by atoms with van der Waals surface area (Å²) in [5.74, 6) is 0.268. The fourth-order valence-corrected chi connectivity index (χ4v) is 3.19. The summed E-state index contributed by atoms with van der Waals surface area (Å²) >= 11 is 0. The lowest BCUT2D eigenvalue weighted by Crippen LogP contribution is -2.23. The van der Waals surface area contributed by atoms with Gasteiger partial charge in [-0.3, -0.25) is 4.79 Å². The van der Waals surface area contributed by atoms with Gasteiger partial charge >= 0.3 is 0 Å². The zero-order valence-electron chi connectivity index (χ0n) is 17.0. The lowest BCUT2D eigenvalue weighted by atomic mass is 10.1. The highest BCUT2D eigenvalue weighted by atomic mass is 19.3. The first-order valence-electron chi connectivity index (χ1n) is 9.61. The minimum atomic E-state index is -2.77. The molecule has 2 aromatic heterocycles. The zero-order chi connectivity index (χ0) is 22.0. The third-order valence-electron chi connectivity index (χ3n) is 4.93. The average molecular weight is 422 g/mol. The third-order valence-corrected chi connectivity index (χ3v) is 4.93. The number of benzene rings is 2.